The van der Waals surface area contributed by atoms with Crippen LogP contribution in [0.3, 0.4) is 0 Å². The van der Waals surface area contributed by atoms with Gasteiger partial charge in [0.05, 0.1) is 5.54 Å². The third kappa shape index (κ3) is 2.33. The molecule has 0 aromatic carbocycles. The molecule has 0 unspecified atom stereocenters. The van der Waals surface area contributed by atoms with Crippen molar-refractivity contribution >= 4 is 12.6 Å². The van der Waals surface area contributed by atoms with E-state index in [4.69, 9.17) is 4.74 Å². The molecule has 0 aromatic rings. The van der Waals surface area contributed by atoms with E-state index in [1.807, 2.05) is 33.9 Å². The Labute approximate surface area is 67.2 Å². The summed E-state index contributed by atoms with van der Waals surface area (Å²) in [5.74, 6) is 0. The van der Waals surface area contributed by atoms with Gasteiger partial charge >= 0.3 is 0 Å². The van der Waals surface area contributed by atoms with Gasteiger partial charge in [0, 0.05) is 6.21 Å². The van der Waals surface area contributed by atoms with Crippen LogP contribution in [0.1, 0.15) is 27.7 Å². The summed E-state index contributed by atoms with van der Waals surface area (Å²) in [5, 5.41) is 0. The molecule has 0 saturated carbocycles. The first-order valence-electron chi connectivity index (χ1n) is 3.69. The van der Waals surface area contributed by atoms with E-state index in [9.17, 15) is 0 Å². The highest BCUT2D eigenvalue weighted by Gasteiger charge is 2.22. The van der Waals surface area contributed by atoms with Crippen molar-refractivity contribution in [3.05, 3.63) is 0 Å². The Morgan fingerprint density at radius 3 is 2.36 bits per heavy atom. The fourth-order valence-electron chi connectivity index (χ4n) is 0.668. The Morgan fingerprint density at radius 1 is 1.09 bits per heavy atom. The Bertz CT molecular complexity index is 204. The van der Waals surface area contributed by atoms with Gasteiger partial charge in [-0.1, -0.05) is 0 Å². The van der Waals surface area contributed by atoms with Gasteiger partial charge in [0.25, 0.3) is 0 Å². The molecular formula is C8H14N2O. The predicted octanol–water partition coefficient (Wildman–Crippen LogP) is 1.63. The molecule has 1 heterocycles. The Kier molecular flexibility index (Phi) is 1.74. The van der Waals surface area contributed by atoms with Crippen LogP contribution in [0.2, 0.25) is 0 Å². The lowest BCUT2D eigenvalue weighted by atomic mass is 10.1. The Morgan fingerprint density at radius 2 is 1.73 bits per heavy atom. The van der Waals surface area contributed by atoms with Crippen molar-refractivity contribution in [1.82, 2.24) is 0 Å². The second-order valence-electron chi connectivity index (χ2n) is 3.71. The zero-order chi connectivity index (χ0) is 8.54. The number of nitrogens with zero attached hydrogens (tertiary/aromatic N) is 2. The van der Waals surface area contributed by atoms with Gasteiger partial charge in [0.1, 0.15) is 0 Å². The highest BCUT2D eigenvalue weighted by molar-refractivity contribution is 5.73. The molecule has 1 aliphatic heterocycles. The van der Waals surface area contributed by atoms with Crippen LogP contribution in [0, 0.1) is 0 Å². The first-order valence-corrected chi connectivity index (χ1v) is 3.69. The molecule has 1 rings (SSSR count). The van der Waals surface area contributed by atoms with Crippen molar-refractivity contribution in [3.8, 4) is 0 Å². The van der Waals surface area contributed by atoms with E-state index in [0.29, 0.717) is 0 Å². The van der Waals surface area contributed by atoms with Gasteiger partial charge in [-0.25, -0.2) is 4.99 Å². The third-order valence-corrected chi connectivity index (χ3v) is 1.42. The van der Waals surface area contributed by atoms with E-state index in [0.717, 1.165) is 0 Å². The lowest BCUT2D eigenvalue weighted by Crippen LogP contribution is -2.21. The normalized spacial score (nSPS) is 25.8. The van der Waals surface area contributed by atoms with Crippen LogP contribution in [0.5, 0.6) is 0 Å². The molecule has 0 bridgehead atoms. The van der Waals surface area contributed by atoms with Crippen molar-refractivity contribution in [1.29, 1.82) is 0 Å². The topological polar surface area (TPSA) is 34.0 Å². The van der Waals surface area contributed by atoms with Crippen LogP contribution in [0.15, 0.2) is 9.98 Å². The Balaban J connectivity index is 2.86. The van der Waals surface area contributed by atoms with E-state index in [2.05, 4.69) is 9.98 Å². The first-order chi connectivity index (χ1) is 4.91. The molecular weight excluding hydrogens is 140 g/mol. The maximum Gasteiger partial charge on any atom is 0.195 e. The second-order valence-corrected chi connectivity index (χ2v) is 3.71. The molecule has 0 atom stereocenters. The molecule has 0 N–H and O–H groups in total. The summed E-state index contributed by atoms with van der Waals surface area (Å²) in [6, 6.07) is 0. The Hall–Kier alpha value is -0.860. The monoisotopic (exact) mass is 154 g/mol. The average molecular weight is 154 g/mol. The molecule has 0 aromatic heterocycles. The minimum Gasteiger partial charge on any atom is -0.457 e. The molecule has 0 radical (unpaired) electrons. The van der Waals surface area contributed by atoms with Crippen molar-refractivity contribution in [2.45, 2.75) is 39.0 Å². The van der Waals surface area contributed by atoms with Crippen LogP contribution in [-0.2, 0) is 4.74 Å². The molecule has 0 spiro atoms. The third-order valence-electron chi connectivity index (χ3n) is 1.42. The van der Waals surface area contributed by atoms with Crippen LogP contribution < -0.4 is 0 Å². The van der Waals surface area contributed by atoms with E-state index in [1.165, 1.54) is 6.40 Å². The molecule has 62 valence electrons. The lowest BCUT2D eigenvalue weighted by molar-refractivity contribution is 0.117. The van der Waals surface area contributed by atoms with Crippen molar-refractivity contribution < 1.29 is 4.74 Å². The highest BCUT2D eigenvalue weighted by Crippen LogP contribution is 2.16. The fraction of sp³-hybridized carbons (Fsp3) is 0.750. The minimum atomic E-state index is -0.461. The molecule has 0 amide bonds. The lowest BCUT2D eigenvalue weighted by Gasteiger charge is -2.16. The van der Waals surface area contributed by atoms with Crippen LogP contribution >= 0.6 is 0 Å². The van der Waals surface area contributed by atoms with Crippen LogP contribution in [0.25, 0.3) is 0 Å². The fourth-order valence-corrected chi connectivity index (χ4v) is 0.668. The molecule has 3 nitrogen and oxygen atoms in total. The number of aliphatic imine (C=N–C) groups is 2. The van der Waals surface area contributed by atoms with Crippen molar-refractivity contribution in [2.24, 2.45) is 9.98 Å². The summed E-state index contributed by atoms with van der Waals surface area (Å²) in [5.41, 5.74) is -0.689. The number of hydrogen-bond donors (Lipinski definition) is 0. The van der Waals surface area contributed by atoms with Gasteiger partial charge in [-0.15, -0.1) is 0 Å². The first kappa shape index (κ1) is 8.24. The maximum absolute atomic E-state index is 5.24. The zero-order valence-corrected chi connectivity index (χ0v) is 7.46. The average Bonchev–Trinajstić information content (AvgIpc) is 1.92. The quantitative estimate of drug-likeness (QED) is 0.522. The molecule has 0 saturated heterocycles. The molecule has 0 aliphatic carbocycles. The summed E-state index contributed by atoms with van der Waals surface area (Å²) < 4.78 is 5.24. The van der Waals surface area contributed by atoms with Crippen LogP contribution in [-0.4, -0.2) is 23.9 Å². The van der Waals surface area contributed by atoms with Gasteiger partial charge in [-0.2, -0.15) is 0 Å². The molecule has 1 aliphatic rings. The van der Waals surface area contributed by atoms with Gasteiger partial charge in [-0.3, -0.25) is 4.99 Å². The van der Waals surface area contributed by atoms with Crippen molar-refractivity contribution in [3.63, 3.8) is 0 Å². The summed E-state index contributed by atoms with van der Waals surface area (Å²) in [4.78, 5) is 8.39. The summed E-state index contributed by atoms with van der Waals surface area (Å²) in [7, 11) is 0. The molecule has 11 heavy (non-hydrogen) atoms. The minimum absolute atomic E-state index is 0.228. The van der Waals surface area contributed by atoms with Crippen molar-refractivity contribution in [2.75, 3.05) is 0 Å². The summed E-state index contributed by atoms with van der Waals surface area (Å²) in [6.45, 7) is 7.77. The smallest absolute Gasteiger partial charge is 0.195 e. The standard InChI is InChI=1S/C8H14N2O/c1-7(2)5-9-8(3,4)11-6-10-7/h5-6H,1-4H3. The second kappa shape index (κ2) is 2.32. The van der Waals surface area contributed by atoms with E-state index in [1.54, 1.807) is 0 Å². The largest absolute Gasteiger partial charge is 0.457 e. The number of rotatable bonds is 0. The SMILES string of the molecule is CC1(C)C=NC(C)(C)OC=N1. The predicted molar refractivity (Wildman–Crippen MR) is 46.2 cm³/mol. The van der Waals surface area contributed by atoms with E-state index < -0.39 is 5.72 Å². The zero-order valence-electron chi connectivity index (χ0n) is 7.46. The number of ether oxygens (including phenoxy) is 1. The highest BCUT2D eigenvalue weighted by atomic mass is 16.5. The maximum atomic E-state index is 5.24. The van der Waals surface area contributed by atoms with Crippen LogP contribution in [0.4, 0.5) is 0 Å². The van der Waals surface area contributed by atoms with E-state index in [-0.39, 0.29) is 5.54 Å². The summed E-state index contributed by atoms with van der Waals surface area (Å²) >= 11 is 0. The van der Waals surface area contributed by atoms with Gasteiger partial charge in [-0.05, 0) is 27.7 Å². The van der Waals surface area contributed by atoms with Gasteiger partial charge < -0.3 is 4.74 Å². The van der Waals surface area contributed by atoms with Gasteiger partial charge in [0.15, 0.2) is 12.1 Å². The number of hydrogen-bond acceptors (Lipinski definition) is 3. The van der Waals surface area contributed by atoms with Gasteiger partial charge in [0.2, 0.25) is 0 Å². The summed E-state index contributed by atoms with van der Waals surface area (Å²) in [6.07, 6.45) is 3.30. The molecule has 3 heteroatoms. The van der Waals surface area contributed by atoms with E-state index >= 15 is 0 Å². The molecule has 0 fully saturated rings.